The first kappa shape index (κ1) is 27.4. The van der Waals surface area contributed by atoms with Crippen LogP contribution in [0.25, 0.3) is 0 Å². The Bertz CT molecular complexity index is 1250. The Morgan fingerprint density at radius 2 is 2.00 bits per heavy atom. The lowest BCUT2D eigenvalue weighted by Crippen LogP contribution is -2.72. The second kappa shape index (κ2) is 10.4. The lowest BCUT2D eigenvalue weighted by molar-refractivity contribution is -0.940. The number of oxime groups is 1. The highest BCUT2D eigenvalue weighted by molar-refractivity contribution is 8.00. The largest absolute Gasteiger partial charge is 0.543 e. The number of aromatic nitrogens is 1. The van der Waals surface area contributed by atoms with Crippen LogP contribution in [0.3, 0.4) is 0 Å². The maximum atomic E-state index is 13.2. The number of carboxylic acid groups (broad SMARTS) is 1. The molecule has 0 radical (unpaired) electrons. The van der Waals surface area contributed by atoms with Crippen molar-refractivity contribution < 1.29 is 38.3 Å². The van der Waals surface area contributed by atoms with Crippen molar-refractivity contribution in [3.8, 4) is 0 Å². The topological polar surface area (TPSA) is 176 Å². The van der Waals surface area contributed by atoms with Gasteiger partial charge in [-0.15, -0.1) is 23.1 Å². The Balaban J connectivity index is 1.30. The highest BCUT2D eigenvalue weighted by Crippen LogP contribution is 2.47. The van der Waals surface area contributed by atoms with Gasteiger partial charge in [0.1, 0.15) is 30.8 Å². The van der Waals surface area contributed by atoms with Crippen molar-refractivity contribution in [2.45, 2.75) is 37.6 Å². The minimum absolute atomic E-state index is 0.118. The van der Waals surface area contributed by atoms with Gasteiger partial charge in [-0.3, -0.25) is 19.3 Å². The molecule has 2 amide bonds. The van der Waals surface area contributed by atoms with Gasteiger partial charge in [0.05, 0.1) is 43.3 Å². The monoisotopic (exact) mass is 578 g/mol. The van der Waals surface area contributed by atoms with Crippen molar-refractivity contribution in [3.05, 3.63) is 22.3 Å². The first-order valence-corrected chi connectivity index (χ1v) is 14.6. The summed E-state index contributed by atoms with van der Waals surface area (Å²) in [7, 11) is 1.28. The van der Waals surface area contributed by atoms with Gasteiger partial charge in [0.15, 0.2) is 10.8 Å². The molecule has 2 bridgehead atoms. The number of nitrogens with one attached hydrogen (secondary N) is 1. The van der Waals surface area contributed by atoms with Crippen molar-refractivity contribution in [3.63, 3.8) is 0 Å². The van der Waals surface area contributed by atoms with E-state index >= 15 is 0 Å². The number of amides is 2. The van der Waals surface area contributed by atoms with E-state index in [-0.39, 0.29) is 28.2 Å². The van der Waals surface area contributed by atoms with E-state index in [1.165, 1.54) is 23.8 Å². The van der Waals surface area contributed by atoms with E-state index in [9.17, 15) is 24.3 Å². The maximum Gasteiger partial charge on any atom is 0.312 e. The van der Waals surface area contributed by atoms with Gasteiger partial charge in [-0.1, -0.05) is 5.16 Å². The number of carbonyl (C=O) groups is 4. The van der Waals surface area contributed by atoms with Crippen molar-refractivity contribution in [1.29, 1.82) is 0 Å². The van der Waals surface area contributed by atoms with Crippen LogP contribution in [-0.4, -0.2) is 101 Å². The van der Waals surface area contributed by atoms with Crippen molar-refractivity contribution >= 4 is 57.7 Å². The maximum absolute atomic E-state index is 13.2. The number of ether oxygens (including phenoxy) is 1. The van der Waals surface area contributed by atoms with E-state index in [1.54, 1.807) is 12.3 Å². The van der Waals surface area contributed by atoms with Gasteiger partial charge < -0.3 is 35.0 Å². The molecule has 6 heterocycles. The molecule has 2 atom stereocenters. The number of anilines is 1. The first-order chi connectivity index (χ1) is 18.6. The van der Waals surface area contributed by atoms with Crippen LogP contribution in [0.2, 0.25) is 0 Å². The Kier molecular flexibility index (Phi) is 7.33. The fourth-order valence-corrected chi connectivity index (χ4v) is 7.87. The summed E-state index contributed by atoms with van der Waals surface area (Å²) in [5, 5.41) is 19.9. The minimum Gasteiger partial charge on any atom is -0.543 e. The highest BCUT2D eigenvalue weighted by atomic mass is 32.2. The van der Waals surface area contributed by atoms with E-state index in [2.05, 4.69) is 15.5 Å². The SMILES string of the molecule is CCOC(=O)C12CC[N+](CC3=C(C(=O)[O-])N4C(=O)[C@@H](NC(=O)/C(=N\OC)c5csc(N)n5)[C@H]4SC3)(CC1)CC2. The molecule has 6 rings (SSSR count). The third-order valence-electron chi connectivity index (χ3n) is 8.12. The Morgan fingerprint density at radius 1 is 1.31 bits per heavy atom. The number of β-lactam (4-membered cyclic amide) rings is 1. The number of rotatable bonds is 9. The fourth-order valence-electron chi connectivity index (χ4n) is 5.99. The van der Waals surface area contributed by atoms with Crippen LogP contribution in [0.5, 0.6) is 0 Å². The lowest BCUT2D eigenvalue weighted by atomic mass is 9.70. The standard InChI is InChI=1S/C24H30N6O7S2/c1-3-37-22(35)24-4-7-30(8-5-24,9-6-24)10-13-11-38-20-16(19(32)29(20)17(13)21(33)34)27-18(31)15(28-36-2)14-12-39-23(25)26-14/h12,16,20H,3-11H2,1-2H3,(H3-,25,26,27,31,33,34)/b28-15-/t16-,20-,24?,30?/m1/s1. The normalized spacial score (nSPS) is 29.9. The number of carbonyl (C=O) groups excluding carboxylic acids is 4. The number of quaternary nitrogens is 1. The molecule has 0 aromatic carbocycles. The third kappa shape index (κ3) is 4.76. The van der Waals surface area contributed by atoms with Gasteiger partial charge in [-0.05, 0) is 6.92 Å². The number of hydrogen-bond acceptors (Lipinski definition) is 12. The van der Waals surface area contributed by atoms with Gasteiger partial charge in [0.25, 0.3) is 11.8 Å². The van der Waals surface area contributed by atoms with E-state index in [4.69, 9.17) is 15.3 Å². The molecular formula is C24H30N6O7S2. The fraction of sp³-hybridized carbons (Fsp3) is 0.583. The summed E-state index contributed by atoms with van der Waals surface area (Å²) >= 11 is 2.52. The summed E-state index contributed by atoms with van der Waals surface area (Å²) in [6.45, 7) is 4.86. The lowest BCUT2D eigenvalue weighted by Gasteiger charge is -2.55. The molecule has 15 heteroatoms. The van der Waals surface area contributed by atoms with E-state index in [1.807, 2.05) is 0 Å². The molecule has 0 spiro atoms. The molecule has 1 aromatic heterocycles. The second-order valence-corrected chi connectivity index (χ2v) is 12.2. The molecule has 0 saturated carbocycles. The summed E-state index contributed by atoms with van der Waals surface area (Å²) in [5.74, 6) is -2.39. The second-order valence-electron chi connectivity index (χ2n) is 10.2. The molecule has 13 nitrogen and oxygen atoms in total. The van der Waals surface area contributed by atoms with E-state index < -0.39 is 34.6 Å². The van der Waals surface area contributed by atoms with Crippen LogP contribution in [0.1, 0.15) is 31.9 Å². The molecule has 4 saturated heterocycles. The zero-order chi connectivity index (χ0) is 27.9. The number of aliphatic carboxylic acids is 1. The summed E-state index contributed by atoms with van der Waals surface area (Å²) in [6, 6.07) is -0.946. The zero-order valence-corrected chi connectivity index (χ0v) is 23.3. The Morgan fingerprint density at radius 3 is 2.56 bits per heavy atom. The minimum atomic E-state index is -1.42. The molecule has 210 valence electrons. The number of piperidine rings is 3. The summed E-state index contributed by atoms with van der Waals surface area (Å²) in [6.07, 6.45) is 2.09. The van der Waals surface area contributed by atoms with Gasteiger partial charge in [0.2, 0.25) is 0 Å². The summed E-state index contributed by atoms with van der Waals surface area (Å²) in [5.41, 5.74) is 5.81. The first-order valence-electron chi connectivity index (χ1n) is 12.7. The molecule has 0 unspecified atom stereocenters. The van der Waals surface area contributed by atoms with Crippen LogP contribution in [0.15, 0.2) is 21.8 Å². The van der Waals surface area contributed by atoms with Gasteiger partial charge >= 0.3 is 5.97 Å². The molecule has 5 aliphatic heterocycles. The zero-order valence-electron chi connectivity index (χ0n) is 21.6. The van der Waals surface area contributed by atoms with Gasteiger partial charge in [-0.2, -0.15) is 0 Å². The predicted molar refractivity (Wildman–Crippen MR) is 140 cm³/mol. The number of thiazole rings is 1. The number of thioether (sulfide) groups is 1. The van der Waals surface area contributed by atoms with Crippen molar-refractivity contribution in [1.82, 2.24) is 15.2 Å². The Hall–Kier alpha value is -3.17. The van der Waals surface area contributed by atoms with Gasteiger partial charge in [-0.25, -0.2) is 4.98 Å². The number of carboxylic acids is 1. The number of hydrogen-bond donors (Lipinski definition) is 2. The number of nitrogens with two attached hydrogens (primary N) is 1. The molecule has 4 fully saturated rings. The average molecular weight is 579 g/mol. The van der Waals surface area contributed by atoms with Gasteiger partial charge in [0, 0.05) is 36.0 Å². The molecular weight excluding hydrogens is 548 g/mol. The number of nitrogen functional groups attached to an aromatic ring is 1. The number of fused-ring (bicyclic) bond motifs is 4. The summed E-state index contributed by atoms with van der Waals surface area (Å²) in [4.78, 5) is 61.0. The van der Waals surface area contributed by atoms with Crippen LogP contribution >= 0.6 is 23.1 Å². The van der Waals surface area contributed by atoms with Crippen molar-refractivity contribution in [2.24, 2.45) is 10.6 Å². The molecule has 1 aromatic rings. The van der Waals surface area contributed by atoms with Crippen LogP contribution in [0.4, 0.5) is 5.13 Å². The smallest absolute Gasteiger partial charge is 0.312 e. The predicted octanol–water partition coefficient (Wildman–Crippen LogP) is -0.956. The Labute approximate surface area is 233 Å². The highest BCUT2D eigenvalue weighted by Gasteiger charge is 2.56. The van der Waals surface area contributed by atoms with Crippen molar-refractivity contribution in [2.75, 3.05) is 51.4 Å². The average Bonchev–Trinajstić information content (AvgIpc) is 3.36. The van der Waals surface area contributed by atoms with Crippen LogP contribution in [0, 0.1) is 5.41 Å². The van der Waals surface area contributed by atoms with E-state index in [0.29, 0.717) is 48.2 Å². The van der Waals surface area contributed by atoms with E-state index in [0.717, 1.165) is 31.0 Å². The molecule has 39 heavy (non-hydrogen) atoms. The molecule has 0 aliphatic carbocycles. The number of esters is 1. The number of nitrogens with zero attached hydrogens (tertiary/aromatic N) is 4. The van der Waals surface area contributed by atoms with Crippen LogP contribution < -0.4 is 16.2 Å². The molecule has 5 aliphatic rings. The quantitative estimate of drug-likeness (QED) is 0.122. The van der Waals surface area contributed by atoms with Crippen LogP contribution in [-0.2, 0) is 28.8 Å². The third-order valence-corrected chi connectivity index (χ3v) is 10.1. The molecule has 3 N–H and O–H groups in total. The summed E-state index contributed by atoms with van der Waals surface area (Å²) < 4.78 is 6.00.